The summed E-state index contributed by atoms with van der Waals surface area (Å²) in [5.41, 5.74) is -1.84. The van der Waals surface area contributed by atoms with Gasteiger partial charge in [0.25, 0.3) is 0 Å². The first-order valence-corrected chi connectivity index (χ1v) is 6.33. The van der Waals surface area contributed by atoms with E-state index in [-0.39, 0.29) is 16.2 Å². The first-order chi connectivity index (χ1) is 8.44. The Hall–Kier alpha value is -0.710. The summed E-state index contributed by atoms with van der Waals surface area (Å²) in [6.45, 7) is 0.689. The fraction of sp³-hybridized carbons (Fsp3) is 0.538. The first kappa shape index (κ1) is 12.3. The third kappa shape index (κ3) is 1.92. The Kier molecular flexibility index (Phi) is 2.66. The van der Waals surface area contributed by atoms with Crippen molar-refractivity contribution in [1.29, 1.82) is 0 Å². The third-order valence-electron chi connectivity index (χ3n) is 4.01. The van der Waals surface area contributed by atoms with E-state index in [9.17, 15) is 13.9 Å². The molecule has 1 spiro atoms. The van der Waals surface area contributed by atoms with Crippen molar-refractivity contribution in [2.45, 2.75) is 36.9 Å². The van der Waals surface area contributed by atoms with Crippen LogP contribution < -0.4 is 0 Å². The predicted molar refractivity (Wildman–Crippen MR) is 62.4 cm³/mol. The average Bonchev–Trinajstić information content (AvgIpc) is 3.02. The van der Waals surface area contributed by atoms with Gasteiger partial charge in [0.1, 0.15) is 11.6 Å². The molecule has 0 atom stereocenters. The van der Waals surface area contributed by atoms with Gasteiger partial charge in [0.15, 0.2) is 0 Å². The highest BCUT2D eigenvalue weighted by Gasteiger charge is 2.52. The number of epoxide rings is 1. The molecule has 98 valence electrons. The molecular formula is C13H13ClF2O2. The van der Waals surface area contributed by atoms with Crippen LogP contribution in [0.5, 0.6) is 0 Å². The maximum absolute atomic E-state index is 13.8. The molecule has 0 aromatic heterocycles. The predicted octanol–water partition coefficient (Wildman–Crippen LogP) is 3.15. The van der Waals surface area contributed by atoms with Crippen LogP contribution in [0.15, 0.2) is 12.1 Å². The molecule has 1 aromatic carbocycles. The highest BCUT2D eigenvalue weighted by molar-refractivity contribution is 6.30. The molecule has 1 N–H and O–H groups in total. The lowest BCUT2D eigenvalue weighted by Crippen LogP contribution is -2.36. The van der Waals surface area contributed by atoms with Crippen molar-refractivity contribution < 1.29 is 18.6 Å². The van der Waals surface area contributed by atoms with Gasteiger partial charge in [0, 0.05) is 5.02 Å². The van der Waals surface area contributed by atoms with Gasteiger partial charge >= 0.3 is 0 Å². The van der Waals surface area contributed by atoms with Gasteiger partial charge in [-0.1, -0.05) is 11.6 Å². The molecule has 2 nitrogen and oxygen atoms in total. The van der Waals surface area contributed by atoms with Gasteiger partial charge in [-0.05, 0) is 37.8 Å². The Morgan fingerprint density at radius 1 is 1.11 bits per heavy atom. The fourth-order valence-electron chi connectivity index (χ4n) is 2.75. The molecule has 1 aromatic rings. The normalized spacial score (nSPS) is 34.9. The Balaban J connectivity index is 1.94. The lowest BCUT2D eigenvalue weighted by Gasteiger charge is -2.35. The minimum Gasteiger partial charge on any atom is -0.385 e. The first-order valence-electron chi connectivity index (χ1n) is 5.96. The summed E-state index contributed by atoms with van der Waals surface area (Å²) in [6, 6.07) is 2.08. The van der Waals surface area contributed by atoms with E-state index in [2.05, 4.69) is 0 Å². The minimum atomic E-state index is -1.45. The van der Waals surface area contributed by atoms with Crippen molar-refractivity contribution in [3.05, 3.63) is 34.4 Å². The molecule has 1 saturated heterocycles. The molecule has 1 aliphatic heterocycles. The van der Waals surface area contributed by atoms with Gasteiger partial charge in [0.2, 0.25) is 0 Å². The van der Waals surface area contributed by atoms with Gasteiger partial charge in [-0.25, -0.2) is 8.78 Å². The van der Waals surface area contributed by atoms with Crippen molar-refractivity contribution in [3.8, 4) is 0 Å². The van der Waals surface area contributed by atoms with Crippen LogP contribution in [-0.4, -0.2) is 17.3 Å². The second-order valence-corrected chi connectivity index (χ2v) is 5.68. The fourth-order valence-corrected chi connectivity index (χ4v) is 2.94. The molecule has 1 aliphatic carbocycles. The molecule has 0 bridgehead atoms. The van der Waals surface area contributed by atoms with Crippen molar-refractivity contribution in [1.82, 2.24) is 0 Å². The summed E-state index contributed by atoms with van der Waals surface area (Å²) < 4.78 is 33.0. The zero-order valence-electron chi connectivity index (χ0n) is 9.68. The van der Waals surface area contributed by atoms with E-state index < -0.39 is 17.2 Å². The second kappa shape index (κ2) is 3.89. The van der Waals surface area contributed by atoms with Crippen molar-refractivity contribution in [2.75, 3.05) is 6.61 Å². The Morgan fingerprint density at radius 2 is 1.61 bits per heavy atom. The van der Waals surface area contributed by atoms with E-state index in [1.807, 2.05) is 0 Å². The van der Waals surface area contributed by atoms with Crippen molar-refractivity contribution in [2.24, 2.45) is 0 Å². The minimum absolute atomic E-state index is 0.00449. The van der Waals surface area contributed by atoms with E-state index in [0.29, 0.717) is 32.3 Å². The summed E-state index contributed by atoms with van der Waals surface area (Å²) in [5, 5.41) is 10.5. The Bertz CT molecular complexity index is 467. The number of aliphatic hydroxyl groups is 1. The largest absolute Gasteiger partial charge is 0.385 e. The number of hydrogen-bond acceptors (Lipinski definition) is 2. The number of hydrogen-bond donors (Lipinski definition) is 1. The van der Waals surface area contributed by atoms with Gasteiger partial charge in [0.05, 0.1) is 23.4 Å². The van der Waals surface area contributed by atoms with Crippen LogP contribution in [0.2, 0.25) is 5.02 Å². The molecule has 1 heterocycles. The van der Waals surface area contributed by atoms with E-state index in [0.717, 1.165) is 12.1 Å². The lowest BCUT2D eigenvalue weighted by atomic mass is 9.75. The molecule has 3 rings (SSSR count). The van der Waals surface area contributed by atoms with Crippen LogP contribution >= 0.6 is 11.6 Å². The number of rotatable bonds is 1. The maximum Gasteiger partial charge on any atom is 0.133 e. The van der Waals surface area contributed by atoms with Crippen LogP contribution in [0, 0.1) is 11.6 Å². The van der Waals surface area contributed by atoms with Gasteiger partial charge in [-0.2, -0.15) is 0 Å². The van der Waals surface area contributed by atoms with Crippen LogP contribution in [0.4, 0.5) is 8.78 Å². The van der Waals surface area contributed by atoms with E-state index >= 15 is 0 Å². The Morgan fingerprint density at radius 3 is 2.06 bits per heavy atom. The van der Waals surface area contributed by atoms with Crippen LogP contribution in [-0.2, 0) is 10.3 Å². The van der Waals surface area contributed by atoms with E-state index in [1.54, 1.807) is 0 Å². The quantitative estimate of drug-likeness (QED) is 0.798. The van der Waals surface area contributed by atoms with Crippen molar-refractivity contribution in [3.63, 3.8) is 0 Å². The molecule has 2 aliphatic rings. The molecule has 0 amide bonds. The van der Waals surface area contributed by atoms with Crippen LogP contribution in [0.1, 0.15) is 31.2 Å². The average molecular weight is 275 g/mol. The third-order valence-corrected chi connectivity index (χ3v) is 4.23. The zero-order valence-corrected chi connectivity index (χ0v) is 10.4. The van der Waals surface area contributed by atoms with Crippen molar-refractivity contribution >= 4 is 11.6 Å². The zero-order chi connectivity index (χ0) is 13.0. The van der Waals surface area contributed by atoms with Crippen LogP contribution in [0.25, 0.3) is 0 Å². The van der Waals surface area contributed by atoms with Gasteiger partial charge in [-0.15, -0.1) is 0 Å². The van der Waals surface area contributed by atoms with Gasteiger partial charge < -0.3 is 9.84 Å². The molecule has 5 heteroatoms. The number of benzene rings is 1. The topological polar surface area (TPSA) is 32.8 Å². The molecule has 18 heavy (non-hydrogen) atoms. The second-order valence-electron chi connectivity index (χ2n) is 5.25. The highest BCUT2D eigenvalue weighted by Crippen LogP contribution is 2.49. The van der Waals surface area contributed by atoms with E-state index in [1.165, 1.54) is 0 Å². The highest BCUT2D eigenvalue weighted by atomic mass is 35.5. The number of ether oxygens (including phenoxy) is 1. The molecule has 2 fully saturated rings. The summed E-state index contributed by atoms with van der Waals surface area (Å²) in [7, 11) is 0. The Labute approximate surface area is 109 Å². The standard InChI is InChI=1S/C13H13ClF2O2/c14-8-5-9(15)11(10(16)6-8)13(17)3-1-12(2-4-13)7-18-12/h5-6,17H,1-4,7H2. The summed E-state index contributed by atoms with van der Waals surface area (Å²) in [5.74, 6) is -1.56. The molecule has 1 saturated carbocycles. The summed E-state index contributed by atoms with van der Waals surface area (Å²) in [4.78, 5) is 0. The number of halogens is 3. The molecule has 0 unspecified atom stereocenters. The smallest absolute Gasteiger partial charge is 0.133 e. The van der Waals surface area contributed by atoms with Crippen LogP contribution in [0.3, 0.4) is 0 Å². The molecule has 0 radical (unpaired) electrons. The monoisotopic (exact) mass is 274 g/mol. The van der Waals surface area contributed by atoms with E-state index in [4.69, 9.17) is 16.3 Å². The molecular weight excluding hydrogens is 262 g/mol. The maximum atomic E-state index is 13.8. The SMILES string of the molecule is OC1(c2c(F)cc(Cl)cc2F)CCC2(CC1)CO2. The summed E-state index contributed by atoms with van der Waals surface area (Å²) in [6.07, 6.45) is 1.88. The summed E-state index contributed by atoms with van der Waals surface area (Å²) >= 11 is 5.58. The van der Waals surface area contributed by atoms with Gasteiger partial charge in [-0.3, -0.25) is 0 Å². The lowest BCUT2D eigenvalue weighted by molar-refractivity contribution is -0.0261.